The topological polar surface area (TPSA) is 42.7 Å². The average Bonchev–Trinajstić information content (AvgIpc) is 3.12. The maximum atomic E-state index is 4.73. The van der Waals surface area contributed by atoms with Gasteiger partial charge in [-0.15, -0.1) is 5.10 Å². The standard InChI is InChI=1S/C23H20N4/c1-2-18-13-15-19(16-14-18)17-27-22(20-9-5-3-6-10-20)25-23(26-27)24-21-11-7-4-8-12-21/h2-16H,1,17H2,(H,24,26). The Labute approximate surface area is 158 Å². The highest BCUT2D eigenvalue weighted by molar-refractivity contribution is 5.60. The summed E-state index contributed by atoms with van der Waals surface area (Å²) in [6.07, 6.45) is 1.84. The molecular weight excluding hydrogens is 332 g/mol. The normalized spacial score (nSPS) is 10.5. The Hall–Kier alpha value is -3.66. The van der Waals surface area contributed by atoms with E-state index in [-0.39, 0.29) is 0 Å². The quantitative estimate of drug-likeness (QED) is 0.506. The van der Waals surface area contributed by atoms with Crippen LogP contribution in [0.3, 0.4) is 0 Å². The van der Waals surface area contributed by atoms with Crippen molar-refractivity contribution in [2.75, 3.05) is 5.32 Å². The van der Waals surface area contributed by atoms with E-state index in [2.05, 4.69) is 36.2 Å². The van der Waals surface area contributed by atoms with Gasteiger partial charge in [-0.05, 0) is 23.3 Å². The van der Waals surface area contributed by atoms with E-state index in [9.17, 15) is 0 Å². The molecule has 0 aliphatic rings. The lowest BCUT2D eigenvalue weighted by molar-refractivity contribution is 0.695. The third-order valence-electron chi connectivity index (χ3n) is 4.28. The summed E-state index contributed by atoms with van der Waals surface area (Å²) in [4.78, 5) is 4.73. The van der Waals surface area contributed by atoms with Crippen LogP contribution in [-0.2, 0) is 6.54 Å². The van der Waals surface area contributed by atoms with Gasteiger partial charge in [0.1, 0.15) is 0 Å². The summed E-state index contributed by atoms with van der Waals surface area (Å²) in [6.45, 7) is 4.45. The van der Waals surface area contributed by atoms with Crippen molar-refractivity contribution in [1.29, 1.82) is 0 Å². The molecule has 27 heavy (non-hydrogen) atoms. The summed E-state index contributed by atoms with van der Waals surface area (Å²) < 4.78 is 1.93. The number of benzene rings is 3. The number of hydrogen-bond acceptors (Lipinski definition) is 3. The molecule has 0 bridgehead atoms. The number of nitrogens with one attached hydrogen (secondary N) is 1. The third kappa shape index (κ3) is 3.96. The number of anilines is 2. The number of nitrogens with zero attached hydrogens (tertiary/aromatic N) is 3. The van der Waals surface area contributed by atoms with Crippen LogP contribution >= 0.6 is 0 Å². The number of aromatic nitrogens is 3. The maximum absolute atomic E-state index is 4.73. The molecule has 4 rings (SSSR count). The predicted octanol–water partition coefficient (Wildman–Crippen LogP) is 5.38. The van der Waals surface area contributed by atoms with E-state index in [0.717, 1.165) is 28.2 Å². The van der Waals surface area contributed by atoms with Crippen molar-refractivity contribution in [3.63, 3.8) is 0 Å². The number of rotatable bonds is 6. The minimum absolute atomic E-state index is 0.586. The zero-order valence-electron chi connectivity index (χ0n) is 14.9. The van der Waals surface area contributed by atoms with Crippen molar-refractivity contribution in [2.24, 2.45) is 0 Å². The summed E-state index contributed by atoms with van der Waals surface area (Å²) >= 11 is 0. The first-order valence-corrected chi connectivity index (χ1v) is 8.85. The molecule has 1 aromatic heterocycles. The van der Waals surface area contributed by atoms with E-state index in [4.69, 9.17) is 10.1 Å². The fraction of sp³-hybridized carbons (Fsp3) is 0.0435. The highest BCUT2D eigenvalue weighted by atomic mass is 15.4. The zero-order valence-corrected chi connectivity index (χ0v) is 14.9. The van der Waals surface area contributed by atoms with E-state index in [1.54, 1.807) is 0 Å². The summed E-state index contributed by atoms with van der Waals surface area (Å²) in [5.41, 5.74) is 4.26. The second-order valence-electron chi connectivity index (χ2n) is 6.22. The van der Waals surface area contributed by atoms with Crippen LogP contribution in [0.2, 0.25) is 0 Å². The lowest BCUT2D eigenvalue weighted by Gasteiger charge is -2.06. The smallest absolute Gasteiger partial charge is 0.247 e. The van der Waals surface area contributed by atoms with Gasteiger partial charge < -0.3 is 5.32 Å². The summed E-state index contributed by atoms with van der Waals surface area (Å²) in [5.74, 6) is 1.42. The Balaban J connectivity index is 1.68. The molecule has 0 radical (unpaired) electrons. The fourth-order valence-corrected chi connectivity index (χ4v) is 2.89. The van der Waals surface area contributed by atoms with E-state index >= 15 is 0 Å². The molecular formula is C23H20N4. The van der Waals surface area contributed by atoms with E-state index in [1.165, 1.54) is 0 Å². The summed E-state index contributed by atoms with van der Waals surface area (Å²) in [6, 6.07) is 28.4. The van der Waals surface area contributed by atoms with Gasteiger partial charge in [0.25, 0.3) is 0 Å². The molecule has 0 aliphatic carbocycles. The second-order valence-corrected chi connectivity index (χ2v) is 6.22. The Morgan fingerprint density at radius 3 is 2.19 bits per heavy atom. The van der Waals surface area contributed by atoms with Gasteiger partial charge in [-0.1, -0.05) is 85.5 Å². The minimum atomic E-state index is 0.586. The molecule has 4 nitrogen and oxygen atoms in total. The lowest BCUT2D eigenvalue weighted by atomic mass is 10.1. The predicted molar refractivity (Wildman–Crippen MR) is 111 cm³/mol. The van der Waals surface area contributed by atoms with Crippen LogP contribution in [-0.4, -0.2) is 14.8 Å². The third-order valence-corrected chi connectivity index (χ3v) is 4.28. The Morgan fingerprint density at radius 2 is 1.52 bits per heavy atom. The first-order valence-electron chi connectivity index (χ1n) is 8.85. The number of hydrogen-bond donors (Lipinski definition) is 1. The molecule has 0 unspecified atom stereocenters. The van der Waals surface area contributed by atoms with Crippen molar-refractivity contribution in [3.05, 3.63) is 103 Å². The van der Waals surface area contributed by atoms with Crippen molar-refractivity contribution in [1.82, 2.24) is 14.8 Å². The van der Waals surface area contributed by atoms with Crippen LogP contribution in [0.5, 0.6) is 0 Å². The minimum Gasteiger partial charge on any atom is -0.323 e. The van der Waals surface area contributed by atoms with Gasteiger partial charge in [-0.3, -0.25) is 0 Å². The molecule has 0 amide bonds. The van der Waals surface area contributed by atoms with Crippen molar-refractivity contribution >= 4 is 17.7 Å². The zero-order chi connectivity index (χ0) is 18.5. The molecule has 0 spiro atoms. The molecule has 1 heterocycles. The first-order chi connectivity index (χ1) is 13.3. The molecule has 1 N–H and O–H groups in total. The van der Waals surface area contributed by atoms with Gasteiger partial charge in [0.15, 0.2) is 5.82 Å². The molecule has 0 saturated heterocycles. The van der Waals surface area contributed by atoms with Gasteiger partial charge in [0.05, 0.1) is 6.54 Å². The van der Waals surface area contributed by atoms with Crippen LogP contribution in [0.1, 0.15) is 11.1 Å². The lowest BCUT2D eigenvalue weighted by Crippen LogP contribution is -2.04. The molecule has 132 valence electrons. The van der Waals surface area contributed by atoms with Crippen molar-refractivity contribution in [3.8, 4) is 11.4 Å². The van der Waals surface area contributed by atoms with Crippen LogP contribution in [0.4, 0.5) is 11.6 Å². The highest BCUT2D eigenvalue weighted by Gasteiger charge is 2.12. The van der Waals surface area contributed by atoms with Crippen LogP contribution in [0.25, 0.3) is 17.5 Å². The Kier molecular flexibility index (Phi) is 4.79. The molecule has 0 aliphatic heterocycles. The van der Waals surface area contributed by atoms with Crippen molar-refractivity contribution in [2.45, 2.75) is 6.54 Å². The average molecular weight is 352 g/mol. The van der Waals surface area contributed by atoms with Gasteiger partial charge in [0.2, 0.25) is 5.95 Å². The van der Waals surface area contributed by atoms with Gasteiger partial charge >= 0.3 is 0 Å². The van der Waals surface area contributed by atoms with Crippen LogP contribution < -0.4 is 5.32 Å². The van der Waals surface area contributed by atoms with Crippen LogP contribution in [0.15, 0.2) is 91.5 Å². The molecule has 0 atom stereocenters. The van der Waals surface area contributed by atoms with Crippen LogP contribution in [0, 0.1) is 0 Å². The number of para-hydroxylation sites is 1. The van der Waals surface area contributed by atoms with Gasteiger partial charge in [0, 0.05) is 11.3 Å². The summed E-state index contributed by atoms with van der Waals surface area (Å²) in [5, 5.41) is 7.98. The molecule has 0 fully saturated rings. The van der Waals surface area contributed by atoms with E-state index in [0.29, 0.717) is 12.5 Å². The molecule has 0 saturated carbocycles. The summed E-state index contributed by atoms with van der Waals surface area (Å²) in [7, 11) is 0. The van der Waals surface area contributed by atoms with Gasteiger partial charge in [-0.2, -0.15) is 4.98 Å². The van der Waals surface area contributed by atoms with Crippen molar-refractivity contribution < 1.29 is 0 Å². The van der Waals surface area contributed by atoms with Gasteiger partial charge in [-0.25, -0.2) is 4.68 Å². The maximum Gasteiger partial charge on any atom is 0.247 e. The fourth-order valence-electron chi connectivity index (χ4n) is 2.89. The Morgan fingerprint density at radius 1 is 0.852 bits per heavy atom. The monoisotopic (exact) mass is 352 g/mol. The second kappa shape index (κ2) is 7.70. The molecule has 3 aromatic carbocycles. The molecule has 4 aromatic rings. The highest BCUT2D eigenvalue weighted by Crippen LogP contribution is 2.22. The van der Waals surface area contributed by atoms with E-state index < -0.39 is 0 Å². The first kappa shape index (κ1) is 16.8. The van der Waals surface area contributed by atoms with E-state index in [1.807, 2.05) is 71.4 Å². The Bertz CT molecular complexity index is 1020. The largest absolute Gasteiger partial charge is 0.323 e. The molecule has 4 heteroatoms. The SMILES string of the molecule is C=Cc1ccc(Cn2nc(Nc3ccccc3)nc2-c2ccccc2)cc1.